The van der Waals surface area contributed by atoms with E-state index in [0.29, 0.717) is 40.4 Å². The van der Waals surface area contributed by atoms with Crippen LogP contribution in [0.5, 0.6) is 5.75 Å². The maximum Gasteiger partial charge on any atom is 0.334 e. The molecule has 0 spiro atoms. The molecule has 3 saturated heterocycles. The predicted molar refractivity (Wildman–Crippen MR) is 141 cm³/mol. The first kappa shape index (κ1) is 24.4. The summed E-state index contributed by atoms with van der Waals surface area (Å²) >= 11 is 0. The van der Waals surface area contributed by atoms with Gasteiger partial charge in [-0.2, -0.15) is 0 Å². The van der Waals surface area contributed by atoms with Crippen molar-refractivity contribution in [2.45, 2.75) is 18.1 Å². The van der Waals surface area contributed by atoms with E-state index in [9.17, 15) is 14.4 Å². The molecule has 38 heavy (non-hydrogen) atoms. The molecule has 3 aromatic rings. The van der Waals surface area contributed by atoms with Crippen LogP contribution in [-0.4, -0.2) is 61.0 Å². The Kier molecular flexibility index (Phi) is 6.03. The number of methoxy groups -OCH3 is 1. The van der Waals surface area contributed by atoms with E-state index in [1.54, 1.807) is 31.4 Å². The molecule has 1 aliphatic carbocycles. The summed E-state index contributed by atoms with van der Waals surface area (Å²) in [6, 6.07) is 24.4. The van der Waals surface area contributed by atoms with Gasteiger partial charge in [-0.1, -0.05) is 60.7 Å². The Morgan fingerprint density at radius 2 is 1.61 bits per heavy atom. The Morgan fingerprint density at radius 3 is 2.29 bits per heavy atom. The molecule has 3 aromatic carbocycles. The second kappa shape index (κ2) is 9.40. The predicted octanol–water partition coefficient (Wildman–Crippen LogP) is 3.81. The fourth-order valence-electron chi connectivity index (χ4n) is 6.66. The number of piperidine rings is 3. The number of carbonyl (C=O) groups is 3. The first-order valence-electron chi connectivity index (χ1n) is 13.1. The Hall–Kier alpha value is -3.97. The van der Waals surface area contributed by atoms with Crippen LogP contribution in [0.4, 0.5) is 0 Å². The maximum absolute atomic E-state index is 13.7. The molecule has 3 unspecified atom stereocenters. The number of nitrogens with zero attached hydrogens (tertiary/aromatic N) is 1. The highest BCUT2D eigenvalue weighted by Crippen LogP contribution is 2.65. The van der Waals surface area contributed by atoms with Crippen molar-refractivity contribution in [1.82, 2.24) is 5.32 Å². The Balaban J connectivity index is 1.19. The number of Topliss-reactive ketones (excluding diaryl/α,β-unsaturated/α-hetero) is 1. The lowest BCUT2D eigenvalue weighted by Crippen LogP contribution is -2.57. The van der Waals surface area contributed by atoms with Gasteiger partial charge in [-0.05, 0) is 29.8 Å². The van der Waals surface area contributed by atoms with Gasteiger partial charge in [0.25, 0.3) is 5.91 Å². The first-order chi connectivity index (χ1) is 18.4. The van der Waals surface area contributed by atoms with Crippen LogP contribution >= 0.6 is 0 Å². The van der Waals surface area contributed by atoms with Crippen molar-refractivity contribution in [2.24, 2.45) is 11.8 Å². The van der Waals surface area contributed by atoms with Crippen molar-refractivity contribution in [1.29, 1.82) is 0 Å². The second-order valence-corrected chi connectivity index (χ2v) is 10.8. The van der Waals surface area contributed by atoms with Gasteiger partial charge >= 0.3 is 5.97 Å². The summed E-state index contributed by atoms with van der Waals surface area (Å²) in [4.78, 5) is 39.8. The van der Waals surface area contributed by atoms with E-state index in [4.69, 9.17) is 9.47 Å². The molecule has 1 amide bonds. The van der Waals surface area contributed by atoms with E-state index in [2.05, 4.69) is 5.32 Å². The molecule has 7 nitrogen and oxygen atoms in total. The standard InChI is InChI=1S/C31H30N2O5/c1-37-24-14-12-23(13-15-24)29(35)32-28(22-10-6-3-7-11-22)30(36)38-31-20-33(17-16-25(31)26(31)18-33)19-27(34)21-8-4-2-5-9-21/h2-15,25-26,28H,16-20H2,1H3/p+1/t25-,26?,28?,31+,33?/m0/s1. The number of quaternary nitrogens is 1. The zero-order valence-corrected chi connectivity index (χ0v) is 21.3. The highest BCUT2D eigenvalue weighted by atomic mass is 16.6. The molecule has 3 heterocycles. The summed E-state index contributed by atoms with van der Waals surface area (Å²) < 4.78 is 12.2. The number of ether oxygens (including phenoxy) is 2. The van der Waals surface area contributed by atoms with Gasteiger partial charge in [0.05, 0.1) is 26.1 Å². The van der Waals surface area contributed by atoms with E-state index in [1.807, 2.05) is 60.7 Å². The van der Waals surface area contributed by atoms with Gasteiger partial charge in [0.1, 0.15) is 18.8 Å². The molecule has 1 saturated carbocycles. The van der Waals surface area contributed by atoms with Gasteiger partial charge in [0, 0.05) is 23.5 Å². The molecule has 1 N–H and O–H groups in total. The van der Waals surface area contributed by atoms with Gasteiger partial charge in [-0.3, -0.25) is 9.59 Å². The normalized spacial score (nSPS) is 27.2. The Morgan fingerprint density at radius 1 is 0.921 bits per heavy atom. The van der Waals surface area contributed by atoms with Gasteiger partial charge in [0.2, 0.25) is 5.78 Å². The SMILES string of the molecule is COc1ccc(C(=O)NC(C(=O)O[C@]23C[N+]4(CC(=O)c5ccccc5)CC[C@H]2C3C4)c2ccccc2)cc1. The zero-order chi connectivity index (χ0) is 26.3. The van der Waals surface area contributed by atoms with Crippen LogP contribution in [0, 0.1) is 11.8 Å². The van der Waals surface area contributed by atoms with E-state index in [0.717, 1.165) is 25.1 Å². The van der Waals surface area contributed by atoms with Gasteiger partial charge in [-0.15, -0.1) is 0 Å². The van der Waals surface area contributed by atoms with Crippen LogP contribution in [0.3, 0.4) is 0 Å². The average molecular weight is 512 g/mol. The fourth-order valence-corrected chi connectivity index (χ4v) is 6.66. The molecular formula is C31H31N2O5+. The minimum absolute atomic E-state index is 0.126. The number of hydrogen-bond acceptors (Lipinski definition) is 5. The van der Waals surface area contributed by atoms with Crippen LogP contribution in [0.25, 0.3) is 0 Å². The van der Waals surface area contributed by atoms with Crippen LogP contribution in [0.2, 0.25) is 0 Å². The van der Waals surface area contributed by atoms with Crippen molar-refractivity contribution in [3.05, 3.63) is 102 Å². The third-order valence-electron chi connectivity index (χ3n) is 8.57. The number of rotatable bonds is 9. The van der Waals surface area contributed by atoms with Gasteiger partial charge in [-0.25, -0.2) is 4.79 Å². The lowest BCUT2D eigenvalue weighted by atomic mass is 10.0. The number of benzene rings is 3. The smallest absolute Gasteiger partial charge is 0.334 e. The van der Waals surface area contributed by atoms with E-state index in [1.165, 1.54) is 0 Å². The van der Waals surface area contributed by atoms with E-state index >= 15 is 0 Å². The summed E-state index contributed by atoms with van der Waals surface area (Å²) in [5.41, 5.74) is 1.26. The van der Waals surface area contributed by atoms with Crippen molar-refractivity contribution < 1.29 is 28.3 Å². The molecule has 0 aromatic heterocycles. The fraction of sp³-hybridized carbons (Fsp3) is 0.323. The average Bonchev–Trinajstić information content (AvgIpc) is 3.45. The molecule has 7 rings (SSSR count). The van der Waals surface area contributed by atoms with Gasteiger partial charge in [0.15, 0.2) is 11.6 Å². The van der Waals surface area contributed by atoms with E-state index in [-0.39, 0.29) is 17.6 Å². The second-order valence-electron chi connectivity index (χ2n) is 10.8. The van der Waals surface area contributed by atoms with Gasteiger partial charge < -0.3 is 19.3 Å². The van der Waals surface area contributed by atoms with Crippen molar-refractivity contribution >= 4 is 17.7 Å². The largest absolute Gasteiger partial charge is 0.497 e. The number of hydrogen-bond donors (Lipinski definition) is 1. The summed E-state index contributed by atoms with van der Waals surface area (Å²) in [6.07, 6.45) is 0.939. The number of fused-ring (bicyclic) bond motifs is 1. The third kappa shape index (κ3) is 4.27. The minimum Gasteiger partial charge on any atom is -0.497 e. The zero-order valence-electron chi connectivity index (χ0n) is 21.3. The van der Waals surface area contributed by atoms with Crippen molar-refractivity contribution in [2.75, 3.05) is 33.3 Å². The molecule has 3 aliphatic heterocycles. The first-order valence-corrected chi connectivity index (χ1v) is 13.1. The van der Waals surface area contributed by atoms with Crippen LogP contribution in [0.15, 0.2) is 84.9 Å². The minimum atomic E-state index is -0.935. The molecule has 4 bridgehead atoms. The molecule has 194 valence electrons. The van der Waals surface area contributed by atoms with E-state index < -0.39 is 17.6 Å². The highest BCUT2D eigenvalue weighted by molar-refractivity contribution is 5.97. The number of carbonyl (C=O) groups excluding carboxylic acids is 3. The molecule has 7 heteroatoms. The van der Waals surface area contributed by atoms with Crippen molar-refractivity contribution in [3.63, 3.8) is 0 Å². The third-order valence-corrected chi connectivity index (χ3v) is 8.57. The molecular weight excluding hydrogens is 480 g/mol. The van der Waals surface area contributed by atoms with Crippen LogP contribution in [0.1, 0.15) is 38.7 Å². The lowest BCUT2D eigenvalue weighted by molar-refractivity contribution is -0.922. The number of esters is 1. The Bertz CT molecular complexity index is 1360. The van der Waals surface area contributed by atoms with Crippen LogP contribution in [-0.2, 0) is 9.53 Å². The Labute approximate surface area is 222 Å². The highest BCUT2D eigenvalue weighted by Gasteiger charge is 2.81. The maximum atomic E-state index is 13.7. The van der Waals surface area contributed by atoms with Crippen molar-refractivity contribution in [3.8, 4) is 5.75 Å². The summed E-state index contributed by atoms with van der Waals surface area (Å²) in [7, 11) is 1.57. The summed E-state index contributed by atoms with van der Waals surface area (Å²) in [5.74, 6) is 0.539. The quantitative estimate of drug-likeness (QED) is 0.268. The topological polar surface area (TPSA) is 81.7 Å². The summed E-state index contributed by atoms with van der Waals surface area (Å²) in [6.45, 7) is 2.85. The molecule has 4 aliphatic rings. The lowest BCUT2D eigenvalue weighted by Gasteiger charge is -2.41. The molecule has 5 atom stereocenters. The molecule has 4 fully saturated rings. The number of amides is 1. The molecule has 0 radical (unpaired) electrons. The van der Waals surface area contributed by atoms with Crippen LogP contribution < -0.4 is 10.1 Å². The number of nitrogens with one attached hydrogen (secondary N) is 1. The summed E-state index contributed by atoms with van der Waals surface area (Å²) in [5, 5.41) is 2.89. The monoisotopic (exact) mass is 511 g/mol. The number of ketones is 1.